The van der Waals surface area contributed by atoms with E-state index < -0.39 is 17.7 Å². The second-order valence-corrected chi connectivity index (χ2v) is 8.84. The van der Waals surface area contributed by atoms with Crippen molar-refractivity contribution in [3.63, 3.8) is 0 Å². The number of aryl methyl sites for hydroxylation is 2. The maximum Gasteiger partial charge on any atom is 0.229 e. The first-order valence-corrected chi connectivity index (χ1v) is 10.9. The molecule has 0 saturated heterocycles. The molecule has 0 bridgehead atoms. The third-order valence-corrected chi connectivity index (χ3v) is 6.40. The zero-order chi connectivity index (χ0) is 21.9. The van der Waals surface area contributed by atoms with E-state index in [0.29, 0.717) is 35.6 Å². The molecule has 5 rings (SSSR count). The smallest absolute Gasteiger partial charge is 0.229 e. The van der Waals surface area contributed by atoms with E-state index in [4.69, 9.17) is 11.6 Å². The fourth-order valence-corrected chi connectivity index (χ4v) is 4.76. The number of benzene rings is 2. The first-order chi connectivity index (χ1) is 14.8. The van der Waals surface area contributed by atoms with Crippen LogP contribution in [0.5, 0.6) is 0 Å². The molecule has 0 saturated carbocycles. The van der Waals surface area contributed by atoms with E-state index in [-0.39, 0.29) is 10.0 Å². The number of halogens is 4. The fourth-order valence-electron chi connectivity index (χ4n) is 4.28. The van der Waals surface area contributed by atoms with Crippen LogP contribution in [-0.4, -0.2) is 26.5 Å². The van der Waals surface area contributed by atoms with Gasteiger partial charge < -0.3 is 9.88 Å². The van der Waals surface area contributed by atoms with Crippen LogP contribution in [0.2, 0.25) is 5.02 Å². The largest absolute Gasteiger partial charge is 0.356 e. The summed E-state index contributed by atoms with van der Waals surface area (Å²) in [4.78, 5) is 18.5. The molecular weight excluding hydrogens is 488 g/mol. The number of aromatic nitrogens is 4. The van der Waals surface area contributed by atoms with Crippen molar-refractivity contribution >= 4 is 44.4 Å². The molecule has 5 nitrogen and oxygen atoms in total. The number of nitrogens with one attached hydrogen (secondary N) is 1. The number of H-pyrrole nitrogens is 1. The maximum atomic E-state index is 15.2. The average molecular weight is 505 g/mol. The molecule has 4 aromatic rings. The maximum absolute atomic E-state index is 15.2. The van der Waals surface area contributed by atoms with E-state index in [1.54, 1.807) is 26.0 Å². The molecular formula is C22H17BrClF2N5. The SMILES string of the molecule is Cc1nc(C)nc(N2CCc3c([nH]c4ccc(Cl)cc34)C2c2ccc(Br)c(F)c2F)n1. The lowest BCUT2D eigenvalue weighted by Crippen LogP contribution is -2.38. The molecule has 1 atom stereocenters. The predicted octanol–water partition coefficient (Wildman–Crippen LogP) is 5.82. The Hall–Kier alpha value is -2.58. The molecule has 31 heavy (non-hydrogen) atoms. The van der Waals surface area contributed by atoms with Crippen LogP contribution >= 0.6 is 27.5 Å². The summed E-state index contributed by atoms with van der Waals surface area (Å²) in [5.74, 6) is -0.265. The Morgan fingerprint density at radius 3 is 2.55 bits per heavy atom. The Morgan fingerprint density at radius 2 is 1.81 bits per heavy atom. The van der Waals surface area contributed by atoms with E-state index in [9.17, 15) is 4.39 Å². The van der Waals surface area contributed by atoms with Crippen molar-refractivity contribution in [1.29, 1.82) is 0 Å². The van der Waals surface area contributed by atoms with Crippen LogP contribution in [0.4, 0.5) is 14.7 Å². The van der Waals surface area contributed by atoms with E-state index in [0.717, 1.165) is 22.2 Å². The van der Waals surface area contributed by atoms with Gasteiger partial charge in [0.25, 0.3) is 0 Å². The summed E-state index contributed by atoms with van der Waals surface area (Å²) < 4.78 is 29.8. The number of anilines is 1. The van der Waals surface area contributed by atoms with Gasteiger partial charge in [-0.3, -0.25) is 0 Å². The van der Waals surface area contributed by atoms with Crippen LogP contribution in [0.15, 0.2) is 34.8 Å². The van der Waals surface area contributed by atoms with Gasteiger partial charge in [0.05, 0.1) is 4.47 Å². The van der Waals surface area contributed by atoms with Gasteiger partial charge in [0, 0.05) is 33.7 Å². The zero-order valence-electron chi connectivity index (χ0n) is 16.7. The molecule has 0 amide bonds. The summed E-state index contributed by atoms with van der Waals surface area (Å²) in [5.41, 5.74) is 2.90. The van der Waals surface area contributed by atoms with Crippen LogP contribution in [-0.2, 0) is 6.42 Å². The van der Waals surface area contributed by atoms with Gasteiger partial charge in [0.15, 0.2) is 11.6 Å². The molecule has 1 aliphatic rings. The van der Waals surface area contributed by atoms with Gasteiger partial charge in [0.2, 0.25) is 5.95 Å². The minimum absolute atomic E-state index is 0.0756. The molecule has 3 heterocycles. The Balaban J connectivity index is 1.77. The second-order valence-electron chi connectivity index (χ2n) is 7.55. The summed E-state index contributed by atoms with van der Waals surface area (Å²) in [6.07, 6.45) is 0.677. The van der Waals surface area contributed by atoms with Crippen molar-refractivity contribution in [2.75, 3.05) is 11.4 Å². The summed E-state index contributed by atoms with van der Waals surface area (Å²) in [5, 5.41) is 1.60. The molecule has 1 N–H and O–H groups in total. The van der Waals surface area contributed by atoms with Gasteiger partial charge in [0.1, 0.15) is 17.7 Å². The molecule has 158 valence electrons. The Bertz CT molecular complexity index is 1320. The van der Waals surface area contributed by atoms with Gasteiger partial charge in [-0.25, -0.2) is 13.8 Å². The van der Waals surface area contributed by atoms with Crippen LogP contribution in [0.1, 0.15) is 34.5 Å². The molecule has 0 fully saturated rings. The van der Waals surface area contributed by atoms with Crippen LogP contribution in [0.3, 0.4) is 0 Å². The molecule has 1 aliphatic heterocycles. The highest BCUT2D eigenvalue weighted by molar-refractivity contribution is 9.10. The lowest BCUT2D eigenvalue weighted by molar-refractivity contribution is 0.481. The first kappa shape index (κ1) is 20.3. The van der Waals surface area contributed by atoms with Crippen LogP contribution in [0, 0.1) is 25.5 Å². The molecule has 0 spiro atoms. The molecule has 0 aliphatic carbocycles. The third kappa shape index (κ3) is 3.38. The lowest BCUT2D eigenvalue weighted by atomic mass is 9.92. The van der Waals surface area contributed by atoms with Crippen molar-refractivity contribution < 1.29 is 8.78 Å². The van der Waals surface area contributed by atoms with Crippen molar-refractivity contribution in [2.24, 2.45) is 0 Å². The highest BCUT2D eigenvalue weighted by Gasteiger charge is 2.36. The number of hydrogen-bond donors (Lipinski definition) is 1. The van der Waals surface area contributed by atoms with Gasteiger partial charge in [-0.05, 0) is 66.0 Å². The quantitative estimate of drug-likeness (QED) is 0.350. The monoisotopic (exact) mass is 503 g/mol. The summed E-state index contributed by atoms with van der Waals surface area (Å²) in [7, 11) is 0. The summed E-state index contributed by atoms with van der Waals surface area (Å²) in [6, 6.07) is 8.07. The first-order valence-electron chi connectivity index (χ1n) is 9.73. The van der Waals surface area contributed by atoms with Crippen molar-refractivity contribution in [1.82, 2.24) is 19.9 Å². The summed E-state index contributed by atoms with van der Waals surface area (Å²) in [6.45, 7) is 4.10. The second kappa shape index (κ2) is 7.53. The third-order valence-electron chi connectivity index (χ3n) is 5.55. The molecule has 1 unspecified atom stereocenters. The Morgan fingerprint density at radius 1 is 1.06 bits per heavy atom. The summed E-state index contributed by atoms with van der Waals surface area (Å²) >= 11 is 9.30. The predicted molar refractivity (Wildman–Crippen MR) is 120 cm³/mol. The molecule has 9 heteroatoms. The van der Waals surface area contributed by atoms with Crippen LogP contribution < -0.4 is 4.90 Å². The number of aromatic amines is 1. The van der Waals surface area contributed by atoms with Crippen molar-refractivity contribution in [3.05, 3.63) is 79.9 Å². The van der Waals surface area contributed by atoms with Gasteiger partial charge in [-0.15, -0.1) is 0 Å². The number of fused-ring (bicyclic) bond motifs is 3. The van der Waals surface area contributed by atoms with E-state index in [1.807, 2.05) is 17.0 Å². The van der Waals surface area contributed by atoms with E-state index in [2.05, 4.69) is 35.9 Å². The number of nitrogens with zero attached hydrogens (tertiary/aromatic N) is 4. The van der Waals surface area contributed by atoms with Crippen LogP contribution in [0.25, 0.3) is 10.9 Å². The Labute approximate surface area is 190 Å². The molecule has 2 aromatic heterocycles. The molecule has 0 radical (unpaired) electrons. The standard InChI is InChI=1S/C22H17BrClF2N5/c1-10-27-11(2)29-22(28-10)31-8-7-13-15-9-12(24)3-6-17(15)30-20(13)21(31)14-4-5-16(23)19(26)18(14)25/h3-6,9,21,30H,7-8H2,1-2H3. The minimum Gasteiger partial charge on any atom is -0.356 e. The number of hydrogen-bond acceptors (Lipinski definition) is 4. The lowest BCUT2D eigenvalue weighted by Gasteiger charge is -2.36. The normalized spacial score (nSPS) is 16.1. The van der Waals surface area contributed by atoms with Crippen molar-refractivity contribution in [2.45, 2.75) is 26.3 Å². The number of rotatable bonds is 2. The topological polar surface area (TPSA) is 57.7 Å². The average Bonchev–Trinajstić information content (AvgIpc) is 3.09. The van der Waals surface area contributed by atoms with Gasteiger partial charge >= 0.3 is 0 Å². The van der Waals surface area contributed by atoms with E-state index in [1.165, 1.54) is 6.07 Å². The zero-order valence-corrected chi connectivity index (χ0v) is 19.0. The minimum atomic E-state index is -0.924. The highest BCUT2D eigenvalue weighted by Crippen LogP contribution is 2.42. The highest BCUT2D eigenvalue weighted by atomic mass is 79.9. The van der Waals surface area contributed by atoms with Crippen molar-refractivity contribution in [3.8, 4) is 0 Å². The van der Waals surface area contributed by atoms with Gasteiger partial charge in [-0.2, -0.15) is 9.97 Å². The fraction of sp³-hybridized carbons (Fsp3) is 0.227. The Kier molecular flexibility index (Phi) is 4.94. The molecule has 2 aromatic carbocycles. The van der Waals surface area contributed by atoms with E-state index >= 15 is 4.39 Å². The van der Waals surface area contributed by atoms with Gasteiger partial charge in [-0.1, -0.05) is 17.7 Å².